The highest BCUT2D eigenvalue weighted by Gasteiger charge is 2.42. The highest BCUT2D eigenvalue weighted by atomic mass is 16.5. The first-order valence-electron chi connectivity index (χ1n) is 25.1. The highest BCUT2D eigenvalue weighted by Crippen LogP contribution is 2.43. The van der Waals surface area contributed by atoms with Crippen molar-refractivity contribution in [3.05, 3.63) is 217 Å². The number of nitriles is 1. The number of aromatic nitrogens is 7. The topological polar surface area (TPSA) is 115 Å². The second-order valence-corrected chi connectivity index (χ2v) is 20.2. The Morgan fingerprint density at radius 1 is 0.427 bits per heavy atom. The molecule has 14 rings (SSSR count). The average molecular weight is 963 g/mol. The summed E-state index contributed by atoms with van der Waals surface area (Å²) < 4.78 is 9.57. The zero-order chi connectivity index (χ0) is 50.4. The summed E-state index contributed by atoms with van der Waals surface area (Å²) in [6.45, 7) is 6.47. The molecule has 2 aliphatic heterocycles. The van der Waals surface area contributed by atoms with Gasteiger partial charge in [0, 0.05) is 55.4 Å². The maximum atomic E-state index is 9.76. The second kappa shape index (κ2) is 17.1. The molecule has 0 saturated heterocycles. The minimum absolute atomic E-state index is 0.119. The van der Waals surface area contributed by atoms with Gasteiger partial charge < -0.3 is 9.30 Å². The van der Waals surface area contributed by atoms with Gasteiger partial charge in [-0.1, -0.05) is 172 Å². The number of nitrogens with zero attached hydrogens (tertiary/aromatic N) is 8. The van der Waals surface area contributed by atoms with E-state index in [1.165, 1.54) is 5.56 Å². The summed E-state index contributed by atoms with van der Waals surface area (Å²) in [5.74, 6) is 5.09. The van der Waals surface area contributed by atoms with Gasteiger partial charge in [0.1, 0.15) is 11.5 Å². The molecule has 0 fully saturated rings. The Kier molecular flexibility index (Phi) is 10.0. The number of rotatable bonds is 7. The normalized spacial score (nSPS) is 12.3. The first-order valence-corrected chi connectivity index (χ1v) is 25.1. The molecule has 0 bridgehead atoms. The Balaban J connectivity index is 1.08. The van der Waals surface area contributed by atoms with Crippen LogP contribution >= 0.6 is 0 Å². The van der Waals surface area contributed by atoms with Crippen LogP contribution in [-0.4, -0.2) is 41.2 Å². The van der Waals surface area contributed by atoms with Gasteiger partial charge >= 0.3 is 0 Å². The van der Waals surface area contributed by atoms with E-state index in [4.69, 9.17) is 34.6 Å². The number of hydrogen-bond donors (Lipinski definition) is 0. The smallest absolute Gasteiger partial charge is 0.256 e. The molecule has 0 spiro atoms. The predicted octanol–water partition coefficient (Wildman–Crippen LogP) is 12.9. The van der Waals surface area contributed by atoms with Gasteiger partial charge in [-0.05, 0) is 93.1 Å². The van der Waals surface area contributed by atoms with Crippen LogP contribution in [0.15, 0.2) is 206 Å². The molecule has 3 aromatic heterocycles. The number of benzene rings is 9. The SMILES string of the molecule is CC(C)(C)c1ccc2c(c1)Oc1cc(-c3ccc(C#N)cc3)cc3c1B2c1cc(-c2nc(-c4ccccc4)nc(-c4ccccc4)n2)cc2c4cc(-c5nc(-c6ccccc6)nc(-c6ccccc6)n5)ccc4n-3c12. The number of fused-ring (bicyclic) bond motifs is 7. The van der Waals surface area contributed by atoms with Gasteiger partial charge in [0.05, 0.1) is 17.1 Å². The molecular formula is C65H43BN8O. The summed E-state index contributed by atoms with van der Waals surface area (Å²) in [5.41, 5.74) is 15.3. The summed E-state index contributed by atoms with van der Waals surface area (Å²) in [6, 6.07) is 72.7. The lowest BCUT2D eigenvalue weighted by molar-refractivity contribution is 0.483. The standard InChI is InChI=1S/C65H43BN8O/c1-65(2,3)48-29-30-51-55(37-48)75-56-36-46(40-26-24-39(38-67)25-27-40)35-54-57(56)66(51)52-34-47(64-72-61(43-20-12-6-13-21-43)69-62(73-64)44-22-14-7-15-23-44)33-50-49-32-45(28-31-53(49)74(54)58(50)52)63-70-59(41-16-8-4-9-17-41)68-60(71-63)42-18-10-5-11-19-42/h4-37H,1-3H3. The van der Waals surface area contributed by atoms with Crippen molar-refractivity contribution < 1.29 is 4.74 Å². The molecule has 12 aromatic rings. The third-order valence-electron chi connectivity index (χ3n) is 14.5. The molecule has 0 saturated carbocycles. The fourth-order valence-corrected chi connectivity index (χ4v) is 10.8. The van der Waals surface area contributed by atoms with Crippen molar-refractivity contribution in [2.75, 3.05) is 0 Å². The van der Waals surface area contributed by atoms with Crippen molar-refractivity contribution >= 4 is 44.9 Å². The van der Waals surface area contributed by atoms with E-state index in [1.54, 1.807) is 0 Å². The van der Waals surface area contributed by atoms with Crippen LogP contribution in [0.25, 0.3) is 107 Å². The Hall–Kier alpha value is -9.85. The third-order valence-corrected chi connectivity index (χ3v) is 14.5. The maximum absolute atomic E-state index is 9.76. The van der Waals surface area contributed by atoms with Gasteiger partial charge in [-0.2, -0.15) is 5.26 Å². The van der Waals surface area contributed by atoms with Gasteiger partial charge in [-0.15, -0.1) is 0 Å². The summed E-state index contributed by atoms with van der Waals surface area (Å²) >= 11 is 0. The van der Waals surface area contributed by atoms with Crippen LogP contribution in [-0.2, 0) is 5.41 Å². The van der Waals surface area contributed by atoms with E-state index in [1.807, 2.05) is 146 Å². The molecule has 2 aliphatic rings. The van der Waals surface area contributed by atoms with Crippen LogP contribution in [0.2, 0.25) is 0 Å². The Labute approximate surface area is 433 Å². The van der Waals surface area contributed by atoms with Crippen molar-refractivity contribution in [3.8, 4) is 103 Å². The van der Waals surface area contributed by atoms with Crippen LogP contribution in [0.1, 0.15) is 31.9 Å². The van der Waals surface area contributed by atoms with Crippen LogP contribution in [0.4, 0.5) is 0 Å². The van der Waals surface area contributed by atoms with E-state index in [-0.39, 0.29) is 12.1 Å². The van der Waals surface area contributed by atoms with Crippen LogP contribution < -0.4 is 21.1 Å². The Bertz CT molecular complexity index is 4190. The average Bonchev–Trinajstić information content (AvgIpc) is 3.98. The summed E-state index contributed by atoms with van der Waals surface area (Å²) in [6.07, 6.45) is 0. The lowest BCUT2D eigenvalue weighted by atomic mass is 9.34. The molecule has 0 aliphatic carbocycles. The fourth-order valence-electron chi connectivity index (χ4n) is 10.8. The van der Waals surface area contributed by atoms with E-state index in [9.17, 15) is 5.26 Å². The lowest BCUT2D eigenvalue weighted by Gasteiger charge is -2.34. The third kappa shape index (κ3) is 7.47. The van der Waals surface area contributed by atoms with E-state index in [2.05, 4.69) is 92.1 Å². The van der Waals surface area contributed by atoms with Crippen molar-refractivity contribution in [1.82, 2.24) is 34.5 Å². The minimum Gasteiger partial charge on any atom is -0.458 e. The van der Waals surface area contributed by atoms with Gasteiger partial charge in [-0.25, -0.2) is 29.9 Å². The molecule has 75 heavy (non-hydrogen) atoms. The van der Waals surface area contributed by atoms with Crippen LogP contribution in [0.3, 0.4) is 0 Å². The summed E-state index contributed by atoms with van der Waals surface area (Å²) in [7, 11) is 0. The molecule has 10 heteroatoms. The van der Waals surface area contributed by atoms with Gasteiger partial charge in [-0.3, -0.25) is 0 Å². The van der Waals surface area contributed by atoms with E-state index < -0.39 is 0 Å². The molecule has 0 unspecified atom stereocenters. The molecule has 0 N–H and O–H groups in total. The molecule has 9 aromatic carbocycles. The summed E-state index contributed by atoms with van der Waals surface area (Å²) in [4.78, 5) is 31.0. The van der Waals surface area contributed by atoms with Gasteiger partial charge in [0.2, 0.25) is 0 Å². The minimum atomic E-state index is -0.226. The van der Waals surface area contributed by atoms with Crippen molar-refractivity contribution in [1.29, 1.82) is 5.26 Å². The quantitative estimate of drug-likeness (QED) is 0.145. The largest absolute Gasteiger partial charge is 0.458 e. The maximum Gasteiger partial charge on any atom is 0.256 e. The first kappa shape index (κ1) is 43.9. The van der Waals surface area contributed by atoms with Crippen molar-refractivity contribution in [2.45, 2.75) is 26.2 Å². The highest BCUT2D eigenvalue weighted by molar-refractivity contribution is 6.99. The molecule has 0 atom stereocenters. The van der Waals surface area contributed by atoms with Crippen LogP contribution in [0.5, 0.6) is 11.5 Å². The monoisotopic (exact) mass is 962 g/mol. The van der Waals surface area contributed by atoms with E-state index >= 15 is 0 Å². The van der Waals surface area contributed by atoms with Crippen LogP contribution in [0, 0.1) is 11.3 Å². The molecule has 0 amide bonds. The molecule has 0 radical (unpaired) electrons. The summed E-state index contributed by atoms with van der Waals surface area (Å²) in [5, 5.41) is 11.8. The number of hydrogen-bond acceptors (Lipinski definition) is 8. The van der Waals surface area contributed by atoms with E-state index in [0.29, 0.717) is 40.5 Å². The fraction of sp³-hybridized carbons (Fsp3) is 0.0615. The number of ether oxygens (including phenoxy) is 1. The van der Waals surface area contributed by atoms with Gasteiger partial charge in [0.15, 0.2) is 34.9 Å². The molecule has 5 heterocycles. The predicted molar refractivity (Wildman–Crippen MR) is 300 cm³/mol. The van der Waals surface area contributed by atoms with Crippen molar-refractivity contribution in [3.63, 3.8) is 0 Å². The zero-order valence-electron chi connectivity index (χ0n) is 41.2. The Morgan fingerprint density at radius 2 is 0.920 bits per heavy atom. The molecular weight excluding hydrogens is 920 g/mol. The van der Waals surface area contributed by atoms with Crippen molar-refractivity contribution in [2.24, 2.45) is 0 Å². The first-order chi connectivity index (χ1) is 36.7. The molecule has 352 valence electrons. The zero-order valence-corrected chi connectivity index (χ0v) is 41.2. The lowest BCUT2D eigenvalue weighted by Crippen LogP contribution is -2.58. The molecule has 9 nitrogen and oxygen atoms in total. The Morgan fingerprint density at radius 3 is 1.44 bits per heavy atom. The second-order valence-electron chi connectivity index (χ2n) is 20.2. The van der Waals surface area contributed by atoms with Gasteiger partial charge in [0.25, 0.3) is 6.71 Å². The van der Waals surface area contributed by atoms with E-state index in [0.717, 1.165) is 99.9 Å².